The molecule has 0 radical (unpaired) electrons. The zero-order valence-electron chi connectivity index (χ0n) is 18.5. The second-order valence-corrected chi connectivity index (χ2v) is 8.10. The van der Waals surface area contributed by atoms with Crippen LogP contribution in [0.15, 0.2) is 0 Å². The summed E-state index contributed by atoms with van der Waals surface area (Å²) < 4.78 is 12.4. The monoisotopic (exact) mass is 406 g/mol. The first-order valence-corrected chi connectivity index (χ1v) is 10.4. The number of hydrogen-bond donors (Lipinski definition) is 0. The second kappa shape index (κ2) is 10.1. The SMILES string of the molecule is CCn1c(C)c(C(=O)CN(CC2CCCO2)C(=O)CC(C)C)c(C)c1C(=O)OC. The molecule has 1 atom stereocenters. The highest BCUT2D eigenvalue weighted by atomic mass is 16.5. The van der Waals surface area contributed by atoms with E-state index in [0.29, 0.717) is 42.9 Å². The van der Waals surface area contributed by atoms with E-state index in [9.17, 15) is 14.4 Å². The van der Waals surface area contributed by atoms with Crippen molar-refractivity contribution in [3.05, 3.63) is 22.5 Å². The van der Waals surface area contributed by atoms with E-state index in [1.165, 1.54) is 7.11 Å². The van der Waals surface area contributed by atoms with Crippen LogP contribution < -0.4 is 0 Å². The fourth-order valence-corrected chi connectivity index (χ4v) is 4.08. The van der Waals surface area contributed by atoms with E-state index in [4.69, 9.17) is 9.47 Å². The molecular formula is C22H34N2O5. The predicted molar refractivity (Wildman–Crippen MR) is 110 cm³/mol. The Kier molecular flexibility index (Phi) is 8.02. The lowest BCUT2D eigenvalue weighted by Gasteiger charge is -2.26. The Morgan fingerprint density at radius 1 is 1.28 bits per heavy atom. The Hall–Kier alpha value is -2.15. The van der Waals surface area contributed by atoms with E-state index in [-0.39, 0.29) is 30.3 Å². The number of carbonyl (C=O) groups excluding carboxylic acids is 3. The van der Waals surface area contributed by atoms with Gasteiger partial charge in [-0.2, -0.15) is 0 Å². The minimum absolute atomic E-state index is 0.0125. The molecule has 1 aromatic rings. The summed E-state index contributed by atoms with van der Waals surface area (Å²) in [5, 5.41) is 0. The number of rotatable bonds is 9. The number of hydrogen-bond acceptors (Lipinski definition) is 5. The Bertz CT molecular complexity index is 760. The van der Waals surface area contributed by atoms with Crippen LogP contribution in [0.3, 0.4) is 0 Å². The summed E-state index contributed by atoms with van der Waals surface area (Å²) in [7, 11) is 1.33. The van der Waals surface area contributed by atoms with Gasteiger partial charge in [-0.3, -0.25) is 9.59 Å². The number of methoxy groups -OCH3 is 1. The maximum Gasteiger partial charge on any atom is 0.354 e. The van der Waals surface area contributed by atoms with Crippen molar-refractivity contribution in [3.63, 3.8) is 0 Å². The molecule has 1 unspecified atom stereocenters. The van der Waals surface area contributed by atoms with Gasteiger partial charge in [-0.15, -0.1) is 0 Å². The van der Waals surface area contributed by atoms with Crippen molar-refractivity contribution in [2.75, 3.05) is 26.8 Å². The van der Waals surface area contributed by atoms with Gasteiger partial charge in [-0.05, 0) is 45.1 Å². The Morgan fingerprint density at radius 3 is 2.48 bits per heavy atom. The molecule has 0 spiro atoms. The van der Waals surface area contributed by atoms with Crippen LogP contribution in [0.2, 0.25) is 0 Å². The van der Waals surface area contributed by atoms with Crippen LogP contribution in [-0.4, -0.2) is 60.0 Å². The standard InChI is InChI=1S/C22H34N2O5/c1-7-24-16(5)20(15(4)21(24)22(27)28-6)18(25)13-23(19(26)11-14(2)3)12-17-9-8-10-29-17/h14,17H,7-13H2,1-6H3. The highest BCUT2D eigenvalue weighted by Gasteiger charge is 2.30. The molecule has 2 rings (SSSR count). The highest BCUT2D eigenvalue weighted by Crippen LogP contribution is 2.24. The third-order valence-electron chi connectivity index (χ3n) is 5.46. The summed E-state index contributed by atoms with van der Waals surface area (Å²) in [4.78, 5) is 39.9. The number of carbonyl (C=O) groups is 3. The molecule has 29 heavy (non-hydrogen) atoms. The Labute approximate surface area is 173 Å². The first-order chi connectivity index (χ1) is 13.7. The van der Waals surface area contributed by atoms with Crippen molar-refractivity contribution in [1.29, 1.82) is 0 Å². The van der Waals surface area contributed by atoms with Crippen molar-refractivity contribution >= 4 is 17.7 Å². The summed E-state index contributed by atoms with van der Waals surface area (Å²) in [6.45, 7) is 11.2. The molecule has 1 aliphatic heterocycles. The number of ketones is 1. The molecule has 0 aromatic carbocycles. The second-order valence-electron chi connectivity index (χ2n) is 8.10. The quantitative estimate of drug-likeness (QED) is 0.465. The molecule has 1 amide bonds. The summed E-state index contributed by atoms with van der Waals surface area (Å²) in [5.41, 5.74) is 2.23. The zero-order valence-corrected chi connectivity index (χ0v) is 18.5. The Morgan fingerprint density at radius 2 is 1.97 bits per heavy atom. The molecule has 1 saturated heterocycles. The summed E-state index contributed by atoms with van der Waals surface area (Å²) in [6, 6.07) is 0. The van der Waals surface area contributed by atoms with E-state index >= 15 is 0 Å². The fourth-order valence-electron chi connectivity index (χ4n) is 4.08. The van der Waals surface area contributed by atoms with Crippen LogP contribution in [-0.2, 0) is 20.8 Å². The van der Waals surface area contributed by atoms with E-state index < -0.39 is 5.97 Å². The lowest BCUT2D eigenvalue weighted by molar-refractivity contribution is -0.133. The van der Waals surface area contributed by atoms with Crippen molar-refractivity contribution in [2.45, 2.75) is 66.5 Å². The summed E-state index contributed by atoms with van der Waals surface area (Å²) >= 11 is 0. The van der Waals surface area contributed by atoms with E-state index in [2.05, 4.69) is 0 Å². The summed E-state index contributed by atoms with van der Waals surface area (Å²) in [5.74, 6) is -0.450. The predicted octanol–water partition coefficient (Wildman–Crippen LogP) is 3.15. The molecule has 1 fully saturated rings. The van der Waals surface area contributed by atoms with Crippen molar-refractivity contribution in [2.24, 2.45) is 5.92 Å². The first-order valence-electron chi connectivity index (χ1n) is 10.4. The maximum absolute atomic E-state index is 13.3. The van der Waals surface area contributed by atoms with Crippen molar-refractivity contribution in [1.82, 2.24) is 9.47 Å². The van der Waals surface area contributed by atoms with Gasteiger partial charge in [-0.25, -0.2) is 4.79 Å². The molecule has 1 aromatic heterocycles. The number of Topliss-reactive ketones (excluding diaryl/α,β-unsaturated/α-hetero) is 1. The van der Waals surface area contributed by atoms with Gasteiger partial charge in [0.1, 0.15) is 5.69 Å². The first kappa shape index (κ1) is 23.1. The van der Waals surface area contributed by atoms with E-state index in [0.717, 1.165) is 18.5 Å². The van der Waals surface area contributed by atoms with Gasteiger partial charge < -0.3 is 18.9 Å². The van der Waals surface area contributed by atoms with Gasteiger partial charge >= 0.3 is 5.97 Å². The van der Waals surface area contributed by atoms with Crippen LogP contribution in [0.4, 0.5) is 0 Å². The minimum Gasteiger partial charge on any atom is -0.464 e. The summed E-state index contributed by atoms with van der Waals surface area (Å²) in [6.07, 6.45) is 2.25. The number of nitrogens with zero attached hydrogens (tertiary/aromatic N) is 2. The average Bonchev–Trinajstić information content (AvgIpc) is 3.25. The van der Waals surface area contributed by atoms with Crippen LogP contribution in [0.5, 0.6) is 0 Å². The van der Waals surface area contributed by atoms with Crippen molar-refractivity contribution < 1.29 is 23.9 Å². The largest absolute Gasteiger partial charge is 0.464 e. The van der Waals surface area contributed by atoms with Crippen LogP contribution in [0.1, 0.15) is 72.1 Å². The van der Waals surface area contributed by atoms with E-state index in [1.807, 2.05) is 27.7 Å². The van der Waals surface area contributed by atoms with Gasteiger partial charge in [0.2, 0.25) is 5.91 Å². The van der Waals surface area contributed by atoms with Gasteiger partial charge in [-0.1, -0.05) is 13.8 Å². The number of ether oxygens (including phenoxy) is 2. The Balaban J connectivity index is 2.31. The molecule has 7 nitrogen and oxygen atoms in total. The lowest BCUT2D eigenvalue weighted by atomic mass is 10.0. The molecular weight excluding hydrogens is 372 g/mol. The van der Waals surface area contributed by atoms with Gasteiger partial charge in [0.15, 0.2) is 5.78 Å². The average molecular weight is 407 g/mol. The lowest BCUT2D eigenvalue weighted by Crippen LogP contribution is -2.41. The molecule has 0 saturated carbocycles. The number of esters is 1. The fraction of sp³-hybridized carbons (Fsp3) is 0.682. The topological polar surface area (TPSA) is 77.8 Å². The molecule has 2 heterocycles. The number of amides is 1. The van der Waals surface area contributed by atoms with Crippen LogP contribution in [0, 0.1) is 19.8 Å². The highest BCUT2D eigenvalue weighted by molar-refractivity contribution is 6.04. The normalized spacial score (nSPS) is 16.3. The van der Waals surface area contributed by atoms with Crippen LogP contribution >= 0.6 is 0 Å². The third-order valence-corrected chi connectivity index (χ3v) is 5.46. The third kappa shape index (κ3) is 5.26. The molecule has 162 valence electrons. The molecule has 7 heteroatoms. The minimum atomic E-state index is -0.460. The number of aromatic nitrogens is 1. The molecule has 1 aliphatic rings. The zero-order chi connectivity index (χ0) is 21.7. The smallest absolute Gasteiger partial charge is 0.354 e. The van der Waals surface area contributed by atoms with Crippen molar-refractivity contribution in [3.8, 4) is 0 Å². The van der Waals surface area contributed by atoms with Gasteiger partial charge in [0, 0.05) is 37.4 Å². The van der Waals surface area contributed by atoms with Crippen LogP contribution in [0.25, 0.3) is 0 Å². The maximum atomic E-state index is 13.3. The van der Waals surface area contributed by atoms with Gasteiger partial charge in [0.05, 0.1) is 19.8 Å². The molecule has 0 N–H and O–H groups in total. The van der Waals surface area contributed by atoms with E-state index in [1.54, 1.807) is 16.4 Å². The molecule has 0 bridgehead atoms. The molecule has 0 aliphatic carbocycles. The van der Waals surface area contributed by atoms with Gasteiger partial charge in [0.25, 0.3) is 0 Å².